The van der Waals surface area contributed by atoms with Gasteiger partial charge in [-0.2, -0.15) is 0 Å². The lowest BCUT2D eigenvalue weighted by Crippen LogP contribution is -2.26. The molecule has 3 nitrogen and oxygen atoms in total. The molecule has 1 aliphatic carbocycles. The average molecular weight is 320 g/mol. The van der Waals surface area contributed by atoms with Crippen LogP contribution in [0.4, 0.5) is 4.39 Å². The minimum atomic E-state index is -0.537. The van der Waals surface area contributed by atoms with Crippen molar-refractivity contribution in [2.24, 2.45) is 5.41 Å². The maximum Gasteiger partial charge on any atom is 0.310 e. The first-order valence-electron chi connectivity index (χ1n) is 8.38. The van der Waals surface area contributed by atoms with Crippen molar-refractivity contribution in [2.75, 3.05) is 6.61 Å². The van der Waals surface area contributed by atoms with Crippen LogP contribution in [0.1, 0.15) is 63.7 Å². The van der Waals surface area contributed by atoms with Crippen LogP contribution < -0.4 is 0 Å². The van der Waals surface area contributed by atoms with E-state index < -0.39 is 5.60 Å². The molecular formula is C19H25FO3. The molecule has 1 heterocycles. The van der Waals surface area contributed by atoms with E-state index >= 15 is 0 Å². The van der Waals surface area contributed by atoms with Gasteiger partial charge in [-0.1, -0.05) is 6.07 Å². The van der Waals surface area contributed by atoms with E-state index in [-0.39, 0.29) is 24.3 Å². The monoisotopic (exact) mass is 320 g/mol. The van der Waals surface area contributed by atoms with E-state index in [2.05, 4.69) is 0 Å². The van der Waals surface area contributed by atoms with Gasteiger partial charge in [0.15, 0.2) is 0 Å². The van der Waals surface area contributed by atoms with Crippen molar-refractivity contribution in [2.45, 2.75) is 64.6 Å². The maximum absolute atomic E-state index is 13.6. The van der Waals surface area contributed by atoms with E-state index in [0.717, 1.165) is 25.0 Å². The zero-order valence-corrected chi connectivity index (χ0v) is 14.2. The van der Waals surface area contributed by atoms with E-state index in [1.807, 2.05) is 20.8 Å². The molecule has 1 aromatic carbocycles. The molecule has 0 radical (unpaired) electrons. The highest BCUT2D eigenvalue weighted by molar-refractivity contribution is 5.73. The molecule has 1 spiro atoms. The van der Waals surface area contributed by atoms with Crippen molar-refractivity contribution in [3.05, 3.63) is 35.1 Å². The first-order chi connectivity index (χ1) is 10.8. The molecule has 3 rings (SSSR count). The summed E-state index contributed by atoms with van der Waals surface area (Å²) in [5.41, 5.74) is 1.48. The summed E-state index contributed by atoms with van der Waals surface area (Å²) in [5, 5.41) is 0. The van der Waals surface area contributed by atoms with Crippen molar-refractivity contribution in [1.82, 2.24) is 0 Å². The van der Waals surface area contributed by atoms with Crippen LogP contribution in [0.25, 0.3) is 0 Å². The number of rotatable bonds is 3. The summed E-state index contributed by atoms with van der Waals surface area (Å²) in [6, 6.07) is 4.63. The Labute approximate surface area is 137 Å². The van der Waals surface area contributed by atoms with Crippen LogP contribution in [0.3, 0.4) is 0 Å². The number of carbonyl (C=O) groups excluding carboxylic acids is 1. The zero-order chi connectivity index (χ0) is 16.7. The lowest BCUT2D eigenvalue weighted by Gasteiger charge is -2.30. The van der Waals surface area contributed by atoms with E-state index in [9.17, 15) is 9.18 Å². The third-order valence-electron chi connectivity index (χ3n) is 4.69. The lowest BCUT2D eigenvalue weighted by atomic mass is 9.90. The quantitative estimate of drug-likeness (QED) is 0.777. The van der Waals surface area contributed by atoms with Gasteiger partial charge in [0.05, 0.1) is 19.1 Å². The van der Waals surface area contributed by atoms with Crippen LogP contribution in [-0.4, -0.2) is 18.2 Å². The lowest BCUT2D eigenvalue weighted by molar-refractivity contribution is -0.153. The SMILES string of the molecule is CC(C)(C)OC(=O)Cc1cc(F)ccc1C1CCC2(CC2)CO1. The molecule has 1 unspecified atom stereocenters. The number of hydrogen-bond acceptors (Lipinski definition) is 3. The summed E-state index contributed by atoms with van der Waals surface area (Å²) in [7, 11) is 0. The van der Waals surface area contributed by atoms with Gasteiger partial charge in [-0.25, -0.2) is 4.39 Å². The Balaban J connectivity index is 1.74. The predicted octanol–water partition coefficient (Wildman–Crippen LogP) is 4.34. The number of hydrogen-bond donors (Lipinski definition) is 0. The molecule has 0 N–H and O–H groups in total. The van der Waals surface area contributed by atoms with Crippen molar-refractivity contribution in [3.8, 4) is 0 Å². The van der Waals surface area contributed by atoms with Gasteiger partial charge in [0.1, 0.15) is 11.4 Å². The van der Waals surface area contributed by atoms with Gasteiger partial charge in [0.2, 0.25) is 0 Å². The number of ether oxygens (including phenoxy) is 2. The zero-order valence-electron chi connectivity index (χ0n) is 14.2. The highest BCUT2D eigenvalue weighted by Crippen LogP contribution is 2.54. The second kappa shape index (κ2) is 5.90. The molecule has 2 fully saturated rings. The van der Waals surface area contributed by atoms with Gasteiger partial charge >= 0.3 is 5.97 Å². The highest BCUT2D eigenvalue weighted by Gasteiger charge is 2.46. The second-order valence-corrected chi connectivity index (χ2v) is 7.94. The van der Waals surface area contributed by atoms with E-state index in [0.29, 0.717) is 11.0 Å². The topological polar surface area (TPSA) is 35.5 Å². The van der Waals surface area contributed by atoms with Crippen LogP contribution in [-0.2, 0) is 20.7 Å². The largest absolute Gasteiger partial charge is 0.460 e. The minimum absolute atomic E-state index is 0.0424. The Bertz CT molecular complexity index is 589. The molecule has 1 aliphatic heterocycles. The van der Waals surface area contributed by atoms with E-state index in [1.165, 1.54) is 25.0 Å². The maximum atomic E-state index is 13.6. The van der Waals surface area contributed by atoms with Gasteiger partial charge in [-0.3, -0.25) is 4.79 Å². The van der Waals surface area contributed by atoms with Crippen LogP contribution in [0.2, 0.25) is 0 Å². The summed E-state index contributed by atoms with van der Waals surface area (Å²) in [6.45, 7) is 6.27. The van der Waals surface area contributed by atoms with E-state index in [1.54, 1.807) is 6.07 Å². The molecule has 2 aliphatic rings. The van der Waals surface area contributed by atoms with Crippen molar-refractivity contribution in [3.63, 3.8) is 0 Å². The molecular weight excluding hydrogens is 295 g/mol. The minimum Gasteiger partial charge on any atom is -0.460 e. The Hall–Kier alpha value is -1.42. The fourth-order valence-electron chi connectivity index (χ4n) is 3.26. The van der Waals surface area contributed by atoms with Gasteiger partial charge in [-0.05, 0) is 75.1 Å². The third-order valence-corrected chi connectivity index (χ3v) is 4.69. The number of carbonyl (C=O) groups is 1. The van der Waals surface area contributed by atoms with Crippen molar-refractivity contribution in [1.29, 1.82) is 0 Å². The van der Waals surface area contributed by atoms with E-state index in [4.69, 9.17) is 9.47 Å². The van der Waals surface area contributed by atoms with Crippen LogP contribution in [0, 0.1) is 11.2 Å². The van der Waals surface area contributed by atoms with Gasteiger partial charge in [-0.15, -0.1) is 0 Å². The standard InChI is InChI=1S/C19H25FO3/c1-18(2,3)23-17(21)11-13-10-14(20)4-5-15(13)16-6-7-19(8-9-19)12-22-16/h4-5,10,16H,6-9,11-12H2,1-3H3. The van der Waals surface area contributed by atoms with Gasteiger partial charge < -0.3 is 9.47 Å². The number of esters is 1. The van der Waals surface area contributed by atoms with Crippen LogP contribution in [0.5, 0.6) is 0 Å². The molecule has 1 saturated carbocycles. The fraction of sp³-hybridized carbons (Fsp3) is 0.632. The molecule has 23 heavy (non-hydrogen) atoms. The molecule has 0 aromatic heterocycles. The first-order valence-corrected chi connectivity index (χ1v) is 8.38. The summed E-state index contributed by atoms with van der Waals surface area (Å²) < 4.78 is 25.0. The molecule has 0 bridgehead atoms. The first kappa shape index (κ1) is 16.4. The van der Waals surface area contributed by atoms with Crippen molar-refractivity contribution < 1.29 is 18.7 Å². The number of benzene rings is 1. The van der Waals surface area contributed by atoms with Gasteiger partial charge in [0, 0.05) is 0 Å². The molecule has 1 aromatic rings. The molecule has 1 atom stereocenters. The fourth-order valence-corrected chi connectivity index (χ4v) is 3.26. The summed E-state index contributed by atoms with van der Waals surface area (Å²) in [4.78, 5) is 12.1. The van der Waals surface area contributed by atoms with Gasteiger partial charge in [0.25, 0.3) is 0 Å². The smallest absolute Gasteiger partial charge is 0.310 e. The summed E-state index contributed by atoms with van der Waals surface area (Å²) >= 11 is 0. The Morgan fingerprint density at radius 2 is 2.09 bits per heavy atom. The third kappa shape index (κ3) is 4.11. The number of halogens is 1. The Morgan fingerprint density at radius 3 is 2.65 bits per heavy atom. The Morgan fingerprint density at radius 1 is 1.35 bits per heavy atom. The molecule has 126 valence electrons. The Kier molecular flexibility index (Phi) is 4.21. The average Bonchev–Trinajstić information content (AvgIpc) is 3.18. The van der Waals surface area contributed by atoms with Crippen LogP contribution >= 0.6 is 0 Å². The predicted molar refractivity (Wildman–Crippen MR) is 85.5 cm³/mol. The van der Waals surface area contributed by atoms with Crippen LogP contribution in [0.15, 0.2) is 18.2 Å². The molecule has 0 amide bonds. The molecule has 4 heteroatoms. The second-order valence-electron chi connectivity index (χ2n) is 7.94. The normalized spacial score (nSPS) is 22.9. The van der Waals surface area contributed by atoms with Crippen molar-refractivity contribution >= 4 is 5.97 Å². The molecule has 1 saturated heterocycles. The highest BCUT2D eigenvalue weighted by atomic mass is 19.1. The summed E-state index contributed by atoms with van der Waals surface area (Å²) in [6.07, 6.45) is 4.64. The summed E-state index contributed by atoms with van der Waals surface area (Å²) in [5.74, 6) is -0.666.